The van der Waals surface area contributed by atoms with E-state index in [1.54, 1.807) is 6.92 Å². The third kappa shape index (κ3) is 3.85. The van der Waals surface area contributed by atoms with E-state index in [0.29, 0.717) is 24.4 Å². The maximum atomic E-state index is 12.2. The molecular weight excluding hydrogens is 318 g/mol. The lowest BCUT2D eigenvalue weighted by molar-refractivity contribution is -0.138. The number of nitrogens with zero attached hydrogens (tertiary/aromatic N) is 1. The van der Waals surface area contributed by atoms with Gasteiger partial charge in [0.2, 0.25) is 0 Å². The Hall–Kier alpha value is -2.34. The van der Waals surface area contributed by atoms with Gasteiger partial charge in [0.1, 0.15) is 0 Å². The van der Waals surface area contributed by atoms with Crippen LogP contribution in [0.3, 0.4) is 0 Å². The van der Waals surface area contributed by atoms with Crippen molar-refractivity contribution >= 4 is 12.0 Å². The van der Waals surface area contributed by atoms with Crippen LogP contribution in [0.15, 0.2) is 35.5 Å². The zero-order valence-corrected chi connectivity index (χ0v) is 14.8. The van der Waals surface area contributed by atoms with E-state index in [4.69, 9.17) is 4.74 Å². The number of fused-ring (bicyclic) bond motifs is 1. The summed E-state index contributed by atoms with van der Waals surface area (Å²) in [5, 5.41) is 5.43. The fourth-order valence-electron chi connectivity index (χ4n) is 3.63. The average molecular weight is 343 g/mol. The van der Waals surface area contributed by atoms with Crippen LogP contribution in [-0.2, 0) is 16.0 Å². The Labute approximate surface area is 148 Å². The molecule has 0 spiro atoms. The van der Waals surface area contributed by atoms with Crippen molar-refractivity contribution in [3.63, 3.8) is 0 Å². The van der Waals surface area contributed by atoms with Crippen LogP contribution < -0.4 is 10.6 Å². The number of urea groups is 1. The average Bonchev–Trinajstić information content (AvgIpc) is 2.61. The molecule has 1 aromatic carbocycles. The van der Waals surface area contributed by atoms with Crippen molar-refractivity contribution in [3.8, 4) is 0 Å². The van der Waals surface area contributed by atoms with Crippen molar-refractivity contribution in [2.24, 2.45) is 0 Å². The first-order valence-corrected chi connectivity index (χ1v) is 8.82. The molecule has 6 heteroatoms. The van der Waals surface area contributed by atoms with E-state index in [9.17, 15) is 9.59 Å². The monoisotopic (exact) mass is 343 g/mol. The van der Waals surface area contributed by atoms with Crippen LogP contribution in [0.5, 0.6) is 0 Å². The summed E-state index contributed by atoms with van der Waals surface area (Å²) in [4.78, 5) is 26.1. The smallest absolute Gasteiger partial charge is 0.337 e. The first-order valence-electron chi connectivity index (χ1n) is 8.82. The van der Waals surface area contributed by atoms with E-state index in [-0.39, 0.29) is 24.6 Å². The first kappa shape index (κ1) is 17.5. The minimum atomic E-state index is -0.373. The van der Waals surface area contributed by atoms with Crippen LogP contribution in [0.4, 0.5) is 4.79 Å². The molecule has 1 aromatic rings. The van der Waals surface area contributed by atoms with Crippen molar-refractivity contribution in [1.29, 1.82) is 0 Å². The number of aryl methyl sites for hydroxylation is 1. The molecule has 0 unspecified atom stereocenters. The highest BCUT2D eigenvalue weighted by Crippen LogP contribution is 2.33. The number of likely N-dealkylation sites (N-methyl/N-ethyl adjacent to an activating group) is 1. The van der Waals surface area contributed by atoms with E-state index in [1.807, 2.05) is 7.05 Å². The molecule has 0 aromatic heterocycles. The molecular formula is C19H25N3O3. The van der Waals surface area contributed by atoms with Gasteiger partial charge in [-0.15, -0.1) is 0 Å². The molecule has 3 rings (SSSR count). The largest absolute Gasteiger partial charge is 0.463 e. The second-order valence-electron chi connectivity index (χ2n) is 6.51. The second kappa shape index (κ2) is 7.70. The zero-order valence-electron chi connectivity index (χ0n) is 14.8. The molecule has 1 heterocycles. The topological polar surface area (TPSA) is 70.7 Å². The number of carbonyl (C=O) groups is 2. The molecule has 134 valence electrons. The SMILES string of the molecule is CCOC(=O)C1=C(CN(C)[C@@H]2CCCc3ccccc32)NC(=O)NC1. The predicted octanol–water partition coefficient (Wildman–Crippen LogP) is 2.13. The fourth-order valence-corrected chi connectivity index (χ4v) is 3.63. The number of carbonyl (C=O) groups excluding carboxylic acids is 2. The summed E-state index contributed by atoms with van der Waals surface area (Å²) >= 11 is 0. The van der Waals surface area contributed by atoms with Crippen molar-refractivity contribution in [1.82, 2.24) is 15.5 Å². The van der Waals surface area contributed by atoms with Crippen LogP contribution in [-0.4, -0.2) is 43.6 Å². The molecule has 25 heavy (non-hydrogen) atoms. The van der Waals surface area contributed by atoms with Gasteiger partial charge in [-0.25, -0.2) is 9.59 Å². The molecule has 0 radical (unpaired) electrons. The lowest BCUT2D eigenvalue weighted by Crippen LogP contribution is -2.47. The van der Waals surface area contributed by atoms with Crippen molar-refractivity contribution in [2.75, 3.05) is 26.7 Å². The van der Waals surface area contributed by atoms with Gasteiger partial charge in [0.25, 0.3) is 0 Å². The van der Waals surface area contributed by atoms with Gasteiger partial charge in [0, 0.05) is 18.3 Å². The lowest BCUT2D eigenvalue weighted by Gasteiger charge is -2.34. The van der Waals surface area contributed by atoms with Crippen LogP contribution >= 0.6 is 0 Å². The third-order valence-electron chi connectivity index (χ3n) is 4.85. The van der Waals surface area contributed by atoms with E-state index in [1.165, 1.54) is 11.1 Å². The van der Waals surface area contributed by atoms with Crippen molar-refractivity contribution in [2.45, 2.75) is 32.2 Å². The Balaban J connectivity index is 1.82. The highest BCUT2D eigenvalue weighted by Gasteiger charge is 2.28. The molecule has 0 saturated carbocycles. The van der Waals surface area contributed by atoms with Gasteiger partial charge < -0.3 is 15.4 Å². The summed E-state index contributed by atoms with van der Waals surface area (Å²) < 4.78 is 5.12. The number of esters is 1. The highest BCUT2D eigenvalue weighted by atomic mass is 16.5. The molecule has 1 aliphatic heterocycles. The van der Waals surface area contributed by atoms with E-state index >= 15 is 0 Å². The predicted molar refractivity (Wildman–Crippen MR) is 94.9 cm³/mol. The Morgan fingerprint density at radius 3 is 2.96 bits per heavy atom. The number of benzene rings is 1. The molecule has 2 amide bonds. The van der Waals surface area contributed by atoms with Crippen molar-refractivity contribution in [3.05, 3.63) is 46.7 Å². The van der Waals surface area contributed by atoms with Gasteiger partial charge in [0.15, 0.2) is 0 Å². The molecule has 0 fully saturated rings. The molecule has 6 nitrogen and oxygen atoms in total. The van der Waals surface area contributed by atoms with Gasteiger partial charge in [-0.05, 0) is 44.4 Å². The number of ether oxygens (including phenoxy) is 1. The minimum absolute atomic E-state index is 0.203. The maximum absolute atomic E-state index is 12.2. The van der Waals surface area contributed by atoms with Gasteiger partial charge in [0.05, 0.1) is 18.7 Å². The van der Waals surface area contributed by atoms with Gasteiger partial charge in [-0.3, -0.25) is 4.90 Å². The zero-order chi connectivity index (χ0) is 17.8. The third-order valence-corrected chi connectivity index (χ3v) is 4.85. The van der Waals surface area contributed by atoms with Crippen LogP contribution in [0.1, 0.15) is 36.9 Å². The van der Waals surface area contributed by atoms with E-state index < -0.39 is 0 Å². The van der Waals surface area contributed by atoms with Crippen LogP contribution in [0.2, 0.25) is 0 Å². The Morgan fingerprint density at radius 1 is 1.36 bits per heavy atom. The molecule has 0 bridgehead atoms. The van der Waals surface area contributed by atoms with E-state index in [0.717, 1.165) is 19.3 Å². The molecule has 1 atom stereocenters. The second-order valence-corrected chi connectivity index (χ2v) is 6.51. The number of hydrogen-bond donors (Lipinski definition) is 2. The lowest BCUT2D eigenvalue weighted by atomic mass is 9.87. The Bertz CT molecular complexity index is 699. The first-order chi connectivity index (χ1) is 12.1. The number of rotatable bonds is 5. The summed E-state index contributed by atoms with van der Waals surface area (Å²) in [7, 11) is 2.04. The summed E-state index contributed by atoms with van der Waals surface area (Å²) in [6.45, 7) is 2.79. The van der Waals surface area contributed by atoms with E-state index in [2.05, 4.69) is 39.8 Å². The standard InChI is InChI=1S/C19H25N3O3/c1-3-25-18(23)15-11-20-19(24)21-16(15)12-22(2)17-10-6-8-13-7-4-5-9-14(13)17/h4-5,7,9,17H,3,6,8,10-12H2,1-2H3,(H2,20,21,24)/t17-/m1/s1. The van der Waals surface area contributed by atoms with Gasteiger partial charge >= 0.3 is 12.0 Å². The molecule has 0 saturated heterocycles. The quantitative estimate of drug-likeness (QED) is 0.804. The maximum Gasteiger partial charge on any atom is 0.337 e. The number of hydrogen-bond acceptors (Lipinski definition) is 4. The van der Waals surface area contributed by atoms with Crippen LogP contribution in [0.25, 0.3) is 0 Å². The van der Waals surface area contributed by atoms with Crippen molar-refractivity contribution < 1.29 is 14.3 Å². The van der Waals surface area contributed by atoms with Crippen LogP contribution in [0, 0.1) is 0 Å². The fraction of sp³-hybridized carbons (Fsp3) is 0.474. The number of nitrogens with one attached hydrogen (secondary N) is 2. The Kier molecular flexibility index (Phi) is 5.38. The summed E-state index contributed by atoms with van der Waals surface area (Å²) in [5.41, 5.74) is 3.86. The van der Waals surface area contributed by atoms with Gasteiger partial charge in [-0.1, -0.05) is 24.3 Å². The summed E-state index contributed by atoms with van der Waals surface area (Å²) in [6.07, 6.45) is 3.32. The normalized spacial score (nSPS) is 20.0. The van der Waals surface area contributed by atoms with Gasteiger partial charge in [-0.2, -0.15) is 0 Å². The summed E-state index contributed by atoms with van der Waals surface area (Å²) in [5.74, 6) is -0.373. The molecule has 2 aliphatic rings. The Morgan fingerprint density at radius 2 is 2.16 bits per heavy atom. The molecule has 2 N–H and O–H groups in total. The molecule has 1 aliphatic carbocycles. The highest BCUT2D eigenvalue weighted by molar-refractivity contribution is 5.93. The summed E-state index contributed by atoms with van der Waals surface area (Å²) in [6, 6.07) is 8.52. The number of amides is 2. The minimum Gasteiger partial charge on any atom is -0.463 e.